The molecular weight excluding hydrogens is 415 g/mol. The van der Waals surface area contributed by atoms with Crippen molar-refractivity contribution in [1.29, 1.82) is 0 Å². The van der Waals surface area contributed by atoms with Gasteiger partial charge in [-0.05, 0) is 66.6 Å². The Morgan fingerprint density at radius 3 is 2.48 bits per heavy atom. The van der Waals surface area contributed by atoms with E-state index in [1.165, 1.54) is 12.1 Å². The van der Waals surface area contributed by atoms with Crippen molar-refractivity contribution in [3.8, 4) is 11.3 Å². The Labute approximate surface area is 190 Å². The third kappa shape index (κ3) is 3.16. The first-order valence-corrected chi connectivity index (χ1v) is 10.9. The molecule has 0 saturated heterocycles. The van der Waals surface area contributed by atoms with E-state index in [-0.39, 0.29) is 17.8 Å². The van der Waals surface area contributed by atoms with Gasteiger partial charge in [-0.1, -0.05) is 36.4 Å². The predicted molar refractivity (Wildman–Crippen MR) is 125 cm³/mol. The summed E-state index contributed by atoms with van der Waals surface area (Å²) in [5, 5.41) is 1.03. The number of aromatic amines is 1. The van der Waals surface area contributed by atoms with Crippen LogP contribution >= 0.6 is 0 Å². The molecule has 5 aromatic rings. The zero-order valence-corrected chi connectivity index (χ0v) is 18.0. The van der Waals surface area contributed by atoms with Gasteiger partial charge >= 0.3 is 0 Å². The van der Waals surface area contributed by atoms with Crippen LogP contribution in [0.1, 0.15) is 39.0 Å². The lowest BCUT2D eigenvalue weighted by Gasteiger charge is -2.26. The summed E-state index contributed by atoms with van der Waals surface area (Å²) in [7, 11) is 0. The number of fused-ring (bicyclic) bond motifs is 2. The molecule has 0 aliphatic carbocycles. The number of amides is 1. The van der Waals surface area contributed by atoms with Gasteiger partial charge in [-0.3, -0.25) is 4.79 Å². The molecule has 1 N–H and O–H groups in total. The van der Waals surface area contributed by atoms with Gasteiger partial charge in [0.1, 0.15) is 17.3 Å². The van der Waals surface area contributed by atoms with E-state index in [0.29, 0.717) is 12.1 Å². The molecule has 6 rings (SSSR count). The minimum absolute atomic E-state index is 0.0278. The molecule has 33 heavy (non-hydrogen) atoms. The van der Waals surface area contributed by atoms with E-state index in [2.05, 4.69) is 11.1 Å². The minimum atomic E-state index is -0.310. The number of carbonyl (C=O) groups excluding carboxylic acids is 1. The summed E-state index contributed by atoms with van der Waals surface area (Å²) < 4.78 is 19.5. The molecule has 1 amide bonds. The maximum Gasteiger partial charge on any atom is 0.255 e. The third-order valence-corrected chi connectivity index (χ3v) is 6.33. The molecule has 3 heterocycles. The van der Waals surface area contributed by atoms with Crippen LogP contribution in [-0.2, 0) is 6.54 Å². The van der Waals surface area contributed by atoms with Crippen LogP contribution in [0, 0.1) is 12.7 Å². The number of hydrogen-bond acceptors (Lipinski definition) is 2. The molecule has 0 saturated carbocycles. The summed E-state index contributed by atoms with van der Waals surface area (Å²) >= 11 is 0. The largest absolute Gasteiger partial charge is 0.464 e. The molecule has 0 radical (unpaired) electrons. The van der Waals surface area contributed by atoms with E-state index >= 15 is 0 Å². The highest BCUT2D eigenvalue weighted by Crippen LogP contribution is 2.46. The zero-order chi connectivity index (χ0) is 22.5. The smallest absolute Gasteiger partial charge is 0.255 e. The lowest BCUT2D eigenvalue weighted by Crippen LogP contribution is -2.28. The molecule has 5 heteroatoms. The average molecular weight is 436 g/mol. The first kappa shape index (κ1) is 19.6. The highest BCUT2D eigenvalue weighted by molar-refractivity contribution is 6.02. The number of nitrogens with one attached hydrogen (secondary N) is 1. The normalized spacial score (nSPS) is 15.4. The molecule has 4 nitrogen and oxygen atoms in total. The number of aromatic nitrogens is 1. The van der Waals surface area contributed by atoms with Gasteiger partial charge in [0.15, 0.2) is 0 Å². The maximum absolute atomic E-state index is 13.7. The standard InChI is InChI=1S/C28H21FN2O2/c1-17-10-15-20(33-17)16-31-27(21-6-2-3-7-22(21)28(31)32)25-23-8-4-5-9-24(23)30-26(25)18-11-13-19(29)14-12-18/h2-15,27,30H,16H2,1H3/t27-/m0/s1. The maximum atomic E-state index is 13.7. The molecule has 1 aliphatic rings. The van der Waals surface area contributed by atoms with Crippen molar-refractivity contribution in [2.45, 2.75) is 19.5 Å². The molecule has 0 bridgehead atoms. The van der Waals surface area contributed by atoms with E-state index in [9.17, 15) is 9.18 Å². The van der Waals surface area contributed by atoms with Crippen molar-refractivity contribution in [3.05, 3.63) is 119 Å². The summed E-state index contributed by atoms with van der Waals surface area (Å²) in [5.74, 6) is 1.24. The Morgan fingerprint density at radius 2 is 1.70 bits per heavy atom. The average Bonchev–Trinajstić information content (AvgIpc) is 3.49. The number of nitrogens with zero attached hydrogens (tertiary/aromatic N) is 1. The van der Waals surface area contributed by atoms with Gasteiger partial charge in [0.2, 0.25) is 0 Å². The van der Waals surface area contributed by atoms with Gasteiger partial charge in [-0.25, -0.2) is 4.39 Å². The number of aryl methyl sites for hydroxylation is 1. The number of H-pyrrole nitrogens is 1. The highest BCUT2D eigenvalue weighted by atomic mass is 19.1. The SMILES string of the molecule is Cc1ccc(CN2C(=O)c3ccccc3[C@H]2c2c(-c3ccc(F)cc3)[nH]c3ccccc23)o1. The lowest BCUT2D eigenvalue weighted by molar-refractivity contribution is 0.0723. The van der Waals surface area contributed by atoms with Gasteiger partial charge in [0, 0.05) is 22.0 Å². The van der Waals surface area contributed by atoms with Crippen LogP contribution in [0.25, 0.3) is 22.2 Å². The molecule has 2 aromatic heterocycles. The predicted octanol–water partition coefficient (Wildman–Crippen LogP) is 6.62. The van der Waals surface area contributed by atoms with Crippen molar-refractivity contribution >= 4 is 16.8 Å². The number of furan rings is 1. The quantitative estimate of drug-likeness (QED) is 0.344. The summed E-state index contributed by atoms with van der Waals surface area (Å²) in [6, 6.07) is 25.8. The summed E-state index contributed by atoms with van der Waals surface area (Å²) in [5.41, 5.74) is 5.37. The Kier molecular flexibility index (Phi) is 4.44. The molecule has 1 aliphatic heterocycles. The number of para-hydroxylation sites is 1. The number of carbonyl (C=O) groups is 1. The summed E-state index contributed by atoms with van der Waals surface area (Å²) in [4.78, 5) is 19.0. The Bertz CT molecular complexity index is 1500. The summed E-state index contributed by atoms with van der Waals surface area (Å²) in [6.45, 7) is 2.25. The first-order chi connectivity index (χ1) is 16.1. The molecule has 0 spiro atoms. The second kappa shape index (κ2) is 7.48. The fourth-order valence-electron chi connectivity index (χ4n) is 4.87. The molecule has 1 atom stereocenters. The van der Waals surface area contributed by atoms with Crippen molar-refractivity contribution < 1.29 is 13.6 Å². The minimum Gasteiger partial charge on any atom is -0.464 e. The first-order valence-electron chi connectivity index (χ1n) is 10.9. The van der Waals surface area contributed by atoms with Gasteiger partial charge in [0.25, 0.3) is 5.91 Å². The third-order valence-electron chi connectivity index (χ3n) is 6.33. The number of halogens is 1. The van der Waals surface area contributed by atoms with E-state index in [4.69, 9.17) is 4.42 Å². The van der Waals surface area contributed by atoms with E-state index in [1.807, 2.05) is 66.4 Å². The Morgan fingerprint density at radius 1 is 0.939 bits per heavy atom. The topological polar surface area (TPSA) is 49.2 Å². The van der Waals surface area contributed by atoms with E-state index in [1.54, 1.807) is 12.1 Å². The highest BCUT2D eigenvalue weighted by Gasteiger charge is 2.40. The van der Waals surface area contributed by atoms with Crippen LogP contribution in [0.2, 0.25) is 0 Å². The molecule has 0 unspecified atom stereocenters. The van der Waals surface area contributed by atoms with Crippen molar-refractivity contribution in [2.24, 2.45) is 0 Å². The van der Waals surface area contributed by atoms with Crippen molar-refractivity contribution in [2.75, 3.05) is 0 Å². The van der Waals surface area contributed by atoms with Crippen molar-refractivity contribution in [3.63, 3.8) is 0 Å². The van der Waals surface area contributed by atoms with Crippen LogP contribution in [-0.4, -0.2) is 15.8 Å². The van der Waals surface area contributed by atoms with Gasteiger partial charge in [-0.2, -0.15) is 0 Å². The van der Waals surface area contributed by atoms with E-state index in [0.717, 1.165) is 44.8 Å². The summed E-state index contributed by atoms with van der Waals surface area (Å²) in [6.07, 6.45) is 0. The van der Waals surface area contributed by atoms with Crippen LogP contribution in [0.15, 0.2) is 89.3 Å². The zero-order valence-electron chi connectivity index (χ0n) is 18.0. The van der Waals surface area contributed by atoms with Crippen LogP contribution in [0.3, 0.4) is 0 Å². The second-order valence-corrected chi connectivity index (χ2v) is 8.40. The molecule has 0 fully saturated rings. The van der Waals surface area contributed by atoms with Gasteiger partial charge in [0.05, 0.1) is 18.3 Å². The number of rotatable bonds is 4. The fourth-order valence-corrected chi connectivity index (χ4v) is 4.87. The Hall–Kier alpha value is -4.12. The molecule has 3 aromatic carbocycles. The number of hydrogen-bond donors (Lipinski definition) is 1. The molecular formula is C28H21FN2O2. The van der Waals surface area contributed by atoms with Crippen LogP contribution < -0.4 is 0 Å². The monoisotopic (exact) mass is 436 g/mol. The van der Waals surface area contributed by atoms with Crippen LogP contribution in [0.4, 0.5) is 4.39 Å². The second-order valence-electron chi connectivity index (χ2n) is 8.40. The van der Waals surface area contributed by atoms with Crippen molar-refractivity contribution in [1.82, 2.24) is 9.88 Å². The Balaban J connectivity index is 1.60. The van der Waals surface area contributed by atoms with Gasteiger partial charge < -0.3 is 14.3 Å². The number of benzene rings is 3. The van der Waals surface area contributed by atoms with Gasteiger partial charge in [-0.15, -0.1) is 0 Å². The fraction of sp³-hybridized carbons (Fsp3) is 0.107. The van der Waals surface area contributed by atoms with Crippen LogP contribution in [0.5, 0.6) is 0 Å². The van der Waals surface area contributed by atoms with E-state index < -0.39 is 0 Å². The lowest BCUT2D eigenvalue weighted by atomic mass is 9.93. The molecule has 162 valence electrons.